The molecule has 342 valence electrons. The van der Waals surface area contributed by atoms with E-state index < -0.39 is 5.41 Å². The lowest BCUT2D eigenvalue weighted by molar-refractivity contribution is 0.660. The first-order valence-electron chi connectivity index (χ1n) is 25.4. The summed E-state index contributed by atoms with van der Waals surface area (Å²) >= 11 is 0. The molecule has 3 heteroatoms. The molecule has 2 aromatic heterocycles. The van der Waals surface area contributed by atoms with Crippen molar-refractivity contribution in [1.29, 1.82) is 0 Å². The summed E-state index contributed by atoms with van der Waals surface area (Å²) in [6.07, 6.45) is 0. The molecule has 0 saturated heterocycles. The second-order valence-corrected chi connectivity index (χ2v) is 20.7. The van der Waals surface area contributed by atoms with Gasteiger partial charge >= 0.3 is 0 Å². The molecule has 0 saturated carbocycles. The van der Waals surface area contributed by atoms with Crippen molar-refractivity contribution in [3.05, 3.63) is 270 Å². The number of rotatable bonds is 5. The van der Waals surface area contributed by atoms with Crippen molar-refractivity contribution in [2.24, 2.45) is 0 Å². The van der Waals surface area contributed by atoms with Crippen molar-refractivity contribution >= 4 is 60.9 Å². The number of benzene rings is 11. The Bertz CT molecular complexity index is 4430. The van der Waals surface area contributed by atoms with Gasteiger partial charge in [-0.05, 0) is 132 Å². The van der Waals surface area contributed by atoms with E-state index in [9.17, 15) is 0 Å². The van der Waals surface area contributed by atoms with E-state index in [1.807, 2.05) is 0 Å². The van der Waals surface area contributed by atoms with Gasteiger partial charge < -0.3 is 13.7 Å². The maximum atomic E-state index is 7.61. The Hall–Kier alpha value is -9.18. The highest BCUT2D eigenvalue weighted by Gasteiger charge is 2.51. The normalized spacial score (nSPS) is 14.1. The van der Waals surface area contributed by atoms with Gasteiger partial charge in [0.1, 0.15) is 16.7 Å². The molecule has 0 unspecified atom stereocenters. The lowest BCUT2D eigenvalue weighted by atomic mass is 9.70. The zero-order chi connectivity index (χ0) is 48.2. The van der Waals surface area contributed by atoms with Crippen molar-refractivity contribution < 1.29 is 8.83 Å². The summed E-state index contributed by atoms with van der Waals surface area (Å²) in [5.74, 6) is 0. The van der Waals surface area contributed by atoms with Crippen LogP contribution in [-0.4, -0.2) is 0 Å². The molecule has 3 nitrogen and oxygen atoms in total. The number of hydrogen-bond donors (Lipinski definition) is 0. The minimum atomic E-state index is -0.504. The Labute approximate surface area is 422 Å². The van der Waals surface area contributed by atoms with E-state index in [2.05, 4.69) is 255 Å². The van der Waals surface area contributed by atoms with Gasteiger partial charge in [-0.15, -0.1) is 0 Å². The van der Waals surface area contributed by atoms with Crippen LogP contribution in [0, 0.1) is 0 Å². The second-order valence-electron chi connectivity index (χ2n) is 20.7. The van der Waals surface area contributed by atoms with E-state index in [0.29, 0.717) is 0 Å². The molecule has 73 heavy (non-hydrogen) atoms. The number of nitrogens with zero attached hydrogens (tertiary/aromatic N) is 1. The third-order valence-electron chi connectivity index (χ3n) is 16.7. The van der Waals surface area contributed by atoms with Crippen molar-refractivity contribution in [2.45, 2.75) is 24.7 Å². The Morgan fingerprint density at radius 1 is 0.329 bits per heavy atom. The van der Waals surface area contributed by atoms with Crippen LogP contribution in [0.3, 0.4) is 0 Å². The Balaban J connectivity index is 0.975. The molecule has 2 heterocycles. The van der Waals surface area contributed by atoms with E-state index in [4.69, 9.17) is 8.83 Å². The number of furan rings is 2. The SMILES string of the molecule is CC1(C)c2ccccc2-c2ccc(-c3c4oc5c(N(c6cccc(-c7ccccc7)c6)c6ccc7c(c6)C6(c8ccccc8-c8ccccc86)c6ccccc6-7)cccc5c4cc4oc5ccccc5c34)cc21. The predicted molar refractivity (Wildman–Crippen MR) is 300 cm³/mol. The van der Waals surface area contributed by atoms with Crippen LogP contribution < -0.4 is 4.90 Å². The molecule has 16 rings (SSSR count). The summed E-state index contributed by atoms with van der Waals surface area (Å²) in [6, 6.07) is 87.0. The van der Waals surface area contributed by atoms with Crippen LogP contribution in [0.2, 0.25) is 0 Å². The van der Waals surface area contributed by atoms with Gasteiger partial charge in [-0.3, -0.25) is 0 Å². The van der Waals surface area contributed by atoms with Gasteiger partial charge in [-0.2, -0.15) is 0 Å². The van der Waals surface area contributed by atoms with Crippen LogP contribution in [0.4, 0.5) is 17.1 Å². The zero-order valence-corrected chi connectivity index (χ0v) is 40.3. The van der Waals surface area contributed by atoms with E-state index in [-0.39, 0.29) is 5.41 Å². The third-order valence-corrected chi connectivity index (χ3v) is 16.7. The minimum absolute atomic E-state index is 0.179. The number of para-hydroxylation sites is 2. The maximum absolute atomic E-state index is 7.61. The van der Waals surface area contributed by atoms with E-state index >= 15 is 0 Å². The fraction of sp³-hybridized carbons (Fsp3) is 0.0571. The second kappa shape index (κ2) is 14.7. The molecular weight excluding hydrogens is 887 g/mol. The van der Waals surface area contributed by atoms with Gasteiger partial charge in [-0.25, -0.2) is 0 Å². The number of fused-ring (bicyclic) bond motifs is 19. The van der Waals surface area contributed by atoms with Crippen LogP contribution in [0.5, 0.6) is 0 Å². The molecule has 1 spiro atoms. The van der Waals surface area contributed by atoms with Crippen molar-refractivity contribution in [1.82, 2.24) is 0 Å². The molecule has 0 atom stereocenters. The van der Waals surface area contributed by atoms with E-state index in [0.717, 1.165) is 83.2 Å². The summed E-state index contributed by atoms with van der Waals surface area (Å²) in [6.45, 7) is 4.70. The summed E-state index contributed by atoms with van der Waals surface area (Å²) in [5.41, 5.74) is 25.8. The average Bonchev–Trinajstić information content (AvgIpc) is 4.30. The zero-order valence-electron chi connectivity index (χ0n) is 40.3. The first kappa shape index (κ1) is 40.5. The Kier molecular flexibility index (Phi) is 8.16. The largest absolute Gasteiger partial charge is 0.456 e. The molecule has 0 amide bonds. The molecule has 0 N–H and O–H groups in total. The average molecular weight is 932 g/mol. The predicted octanol–water partition coefficient (Wildman–Crippen LogP) is 18.9. The van der Waals surface area contributed by atoms with Crippen LogP contribution in [0.25, 0.3) is 99.5 Å². The van der Waals surface area contributed by atoms with Gasteiger partial charge in [0.15, 0.2) is 5.58 Å². The van der Waals surface area contributed by atoms with Gasteiger partial charge in [0, 0.05) is 43.9 Å². The first-order valence-corrected chi connectivity index (χ1v) is 25.4. The molecule has 3 aliphatic carbocycles. The minimum Gasteiger partial charge on any atom is -0.456 e. The van der Waals surface area contributed by atoms with Crippen molar-refractivity contribution in [2.75, 3.05) is 4.90 Å². The summed E-state index contributed by atoms with van der Waals surface area (Å²) in [4.78, 5) is 2.43. The molecule has 3 aliphatic rings. The van der Waals surface area contributed by atoms with E-state index in [1.165, 1.54) is 66.8 Å². The highest BCUT2D eigenvalue weighted by molar-refractivity contribution is 6.24. The standard InChI is InChI=1S/C70H45NO2/c1-69(2)56-28-11-6-22-47(56)51-36-34-44(39-60(51)69)65-66-54-26-10-15-33-63(54)72-64(66)41-55-53-27-17-32-62(67(53)73-68(55)65)71(45-21-16-20-43(38-45)42-18-4-3-5-19-42)46-35-37-52-50-25-9-14-31-59(50)70(61(52)40-46)57-29-12-7-23-48(57)49-24-8-13-30-58(49)70/h3-41H,1-2H3. The molecular formula is C70H45NO2. The topological polar surface area (TPSA) is 29.5 Å². The first-order chi connectivity index (χ1) is 36.0. The van der Waals surface area contributed by atoms with E-state index in [1.54, 1.807) is 0 Å². The van der Waals surface area contributed by atoms with Crippen LogP contribution >= 0.6 is 0 Å². The lowest BCUT2D eigenvalue weighted by Crippen LogP contribution is -2.26. The molecule has 13 aromatic rings. The van der Waals surface area contributed by atoms with Gasteiger partial charge in [-0.1, -0.05) is 202 Å². The quantitative estimate of drug-likeness (QED) is 0.172. The Morgan fingerprint density at radius 3 is 1.63 bits per heavy atom. The fourth-order valence-corrected chi connectivity index (χ4v) is 13.5. The van der Waals surface area contributed by atoms with Crippen LogP contribution in [-0.2, 0) is 10.8 Å². The summed E-state index contributed by atoms with van der Waals surface area (Å²) in [7, 11) is 0. The van der Waals surface area contributed by atoms with Gasteiger partial charge in [0.25, 0.3) is 0 Å². The highest BCUT2D eigenvalue weighted by Crippen LogP contribution is 2.64. The van der Waals surface area contributed by atoms with Gasteiger partial charge in [0.05, 0.1) is 11.1 Å². The van der Waals surface area contributed by atoms with Crippen LogP contribution in [0.1, 0.15) is 47.2 Å². The Morgan fingerprint density at radius 2 is 0.890 bits per heavy atom. The highest BCUT2D eigenvalue weighted by atomic mass is 16.3. The maximum Gasteiger partial charge on any atom is 0.159 e. The summed E-state index contributed by atoms with van der Waals surface area (Å²) < 4.78 is 14.4. The molecule has 11 aromatic carbocycles. The van der Waals surface area contributed by atoms with Crippen molar-refractivity contribution in [3.8, 4) is 55.6 Å². The monoisotopic (exact) mass is 931 g/mol. The fourth-order valence-electron chi connectivity index (χ4n) is 13.5. The number of hydrogen-bond acceptors (Lipinski definition) is 3. The number of anilines is 3. The van der Waals surface area contributed by atoms with Gasteiger partial charge in [0.2, 0.25) is 0 Å². The third kappa shape index (κ3) is 5.38. The smallest absolute Gasteiger partial charge is 0.159 e. The molecule has 0 bridgehead atoms. The van der Waals surface area contributed by atoms with Crippen LogP contribution in [0.15, 0.2) is 245 Å². The molecule has 0 fully saturated rings. The lowest BCUT2D eigenvalue weighted by Gasteiger charge is -2.32. The van der Waals surface area contributed by atoms with Crippen molar-refractivity contribution in [3.63, 3.8) is 0 Å². The summed E-state index contributed by atoms with van der Waals surface area (Å²) in [5, 5.41) is 4.17. The molecule has 0 radical (unpaired) electrons. The molecule has 0 aliphatic heterocycles.